The molecule has 1 N–H and O–H groups in total. The summed E-state index contributed by atoms with van der Waals surface area (Å²) in [6.45, 7) is 0.728. The van der Waals surface area contributed by atoms with Gasteiger partial charge >= 0.3 is 0 Å². The summed E-state index contributed by atoms with van der Waals surface area (Å²) in [4.78, 5) is 17.2. The number of hydrogen-bond acceptors (Lipinski definition) is 5. The first-order chi connectivity index (χ1) is 13.2. The van der Waals surface area contributed by atoms with Gasteiger partial charge in [0.25, 0.3) is 5.91 Å². The molecular weight excluding hydrogens is 360 g/mol. The summed E-state index contributed by atoms with van der Waals surface area (Å²) in [5, 5.41) is 8.22. The third-order valence-electron chi connectivity index (χ3n) is 4.13. The highest BCUT2D eigenvalue weighted by Crippen LogP contribution is 2.27. The molecule has 0 atom stereocenters. The van der Waals surface area contributed by atoms with Crippen LogP contribution in [0.25, 0.3) is 16.9 Å². The lowest BCUT2D eigenvalue weighted by Crippen LogP contribution is -2.27. The van der Waals surface area contributed by atoms with Gasteiger partial charge in [-0.25, -0.2) is 4.68 Å². The minimum atomic E-state index is -0.219. The van der Waals surface area contributed by atoms with Gasteiger partial charge in [0, 0.05) is 17.5 Å². The van der Waals surface area contributed by atoms with Crippen molar-refractivity contribution in [3.63, 3.8) is 0 Å². The highest BCUT2D eigenvalue weighted by molar-refractivity contribution is 8.14. The fraction of sp³-hybridized carbons (Fsp3) is 0.150. The number of aromatic nitrogens is 2. The van der Waals surface area contributed by atoms with Crippen LogP contribution in [0.5, 0.6) is 5.75 Å². The maximum atomic E-state index is 12.9. The number of nitrogens with zero attached hydrogens (tertiary/aromatic N) is 3. The molecule has 2 heterocycles. The number of hydrogen-bond donors (Lipinski definition) is 1. The molecule has 3 aromatic rings. The van der Waals surface area contributed by atoms with Crippen molar-refractivity contribution in [2.45, 2.75) is 0 Å². The standard InChI is InChI=1S/C20H18N4O2S/c1-26-16-9-5-6-14(12-16)18-17(19(25)22-20-21-10-11-27-20)13-24(23-18)15-7-3-2-4-8-15/h2-9,12-13H,10-11H2,1H3,(H,21,22,25). The first-order valence-corrected chi connectivity index (χ1v) is 9.51. The number of amides is 1. The molecule has 0 saturated carbocycles. The second-order valence-electron chi connectivity index (χ2n) is 5.89. The van der Waals surface area contributed by atoms with Gasteiger partial charge in [-0.05, 0) is 24.3 Å². The van der Waals surface area contributed by atoms with Crippen LogP contribution in [-0.2, 0) is 0 Å². The van der Waals surface area contributed by atoms with E-state index in [2.05, 4.69) is 15.4 Å². The van der Waals surface area contributed by atoms with E-state index in [1.165, 1.54) is 0 Å². The Morgan fingerprint density at radius 1 is 1.19 bits per heavy atom. The van der Waals surface area contributed by atoms with E-state index in [0.717, 1.165) is 23.5 Å². The minimum absolute atomic E-state index is 0.219. The molecule has 0 spiro atoms. The molecule has 1 aromatic heterocycles. The number of thioether (sulfide) groups is 1. The van der Waals surface area contributed by atoms with Gasteiger partial charge in [-0.2, -0.15) is 5.10 Å². The molecule has 2 aromatic carbocycles. The molecule has 4 rings (SSSR count). The number of rotatable bonds is 4. The van der Waals surface area contributed by atoms with E-state index in [4.69, 9.17) is 4.74 Å². The summed E-state index contributed by atoms with van der Waals surface area (Å²) in [5.41, 5.74) is 2.78. The van der Waals surface area contributed by atoms with Gasteiger partial charge in [-0.15, -0.1) is 0 Å². The maximum Gasteiger partial charge on any atom is 0.261 e. The van der Waals surface area contributed by atoms with Crippen LogP contribution in [-0.4, -0.2) is 40.3 Å². The smallest absolute Gasteiger partial charge is 0.261 e. The molecule has 0 aliphatic carbocycles. The number of aliphatic imine (C=N–C) groups is 1. The number of benzene rings is 2. The van der Waals surface area contributed by atoms with Crippen LogP contribution in [0.15, 0.2) is 65.8 Å². The zero-order valence-electron chi connectivity index (χ0n) is 14.8. The third-order valence-corrected chi connectivity index (χ3v) is 5.02. The summed E-state index contributed by atoms with van der Waals surface area (Å²) < 4.78 is 7.03. The molecule has 0 saturated heterocycles. The molecule has 1 aliphatic heterocycles. The van der Waals surface area contributed by atoms with Crippen molar-refractivity contribution < 1.29 is 9.53 Å². The molecule has 6 nitrogen and oxygen atoms in total. The van der Waals surface area contributed by atoms with E-state index in [1.54, 1.807) is 29.8 Å². The Hall–Kier alpha value is -3.06. The van der Waals surface area contributed by atoms with Crippen molar-refractivity contribution in [2.75, 3.05) is 19.4 Å². The molecule has 0 unspecified atom stereocenters. The highest BCUT2D eigenvalue weighted by Gasteiger charge is 2.21. The van der Waals surface area contributed by atoms with Crippen LogP contribution in [0.4, 0.5) is 0 Å². The van der Waals surface area contributed by atoms with Crippen molar-refractivity contribution in [1.29, 1.82) is 0 Å². The monoisotopic (exact) mass is 378 g/mol. The Kier molecular flexibility index (Phi) is 4.93. The van der Waals surface area contributed by atoms with Gasteiger partial charge in [0.1, 0.15) is 11.4 Å². The lowest BCUT2D eigenvalue weighted by molar-refractivity contribution is 0.0978. The number of amidine groups is 1. The molecule has 1 amide bonds. The Morgan fingerprint density at radius 2 is 2.04 bits per heavy atom. The predicted molar refractivity (Wildman–Crippen MR) is 108 cm³/mol. The summed E-state index contributed by atoms with van der Waals surface area (Å²) in [6.07, 6.45) is 1.75. The largest absolute Gasteiger partial charge is 0.497 e. The topological polar surface area (TPSA) is 68.5 Å². The lowest BCUT2D eigenvalue weighted by Gasteiger charge is -2.06. The molecule has 136 valence electrons. The number of ether oxygens (including phenoxy) is 1. The summed E-state index contributed by atoms with van der Waals surface area (Å²) in [7, 11) is 1.62. The van der Waals surface area contributed by atoms with Crippen LogP contribution in [0.2, 0.25) is 0 Å². The van der Waals surface area contributed by atoms with Crippen LogP contribution in [0, 0.1) is 0 Å². The quantitative estimate of drug-likeness (QED) is 0.756. The molecular formula is C20H18N4O2S. The van der Waals surface area contributed by atoms with Gasteiger partial charge < -0.3 is 10.1 Å². The van der Waals surface area contributed by atoms with E-state index in [9.17, 15) is 4.79 Å². The van der Waals surface area contributed by atoms with E-state index >= 15 is 0 Å². The second kappa shape index (κ2) is 7.67. The number of carbonyl (C=O) groups excluding carboxylic acids is 1. The van der Waals surface area contributed by atoms with Crippen LogP contribution in [0.3, 0.4) is 0 Å². The molecule has 0 fully saturated rings. The maximum absolute atomic E-state index is 12.9. The number of carbonyl (C=O) groups is 1. The summed E-state index contributed by atoms with van der Waals surface area (Å²) in [5.74, 6) is 1.38. The number of methoxy groups -OCH3 is 1. The van der Waals surface area contributed by atoms with Crippen LogP contribution < -0.4 is 10.1 Å². The van der Waals surface area contributed by atoms with E-state index in [-0.39, 0.29) is 5.91 Å². The zero-order chi connectivity index (χ0) is 18.6. The third kappa shape index (κ3) is 3.73. The van der Waals surface area contributed by atoms with Crippen LogP contribution >= 0.6 is 11.8 Å². The average molecular weight is 378 g/mol. The molecule has 27 heavy (non-hydrogen) atoms. The fourth-order valence-corrected chi connectivity index (χ4v) is 3.54. The predicted octanol–water partition coefficient (Wildman–Crippen LogP) is 3.38. The summed E-state index contributed by atoms with van der Waals surface area (Å²) >= 11 is 1.55. The van der Waals surface area contributed by atoms with E-state index in [0.29, 0.717) is 22.2 Å². The van der Waals surface area contributed by atoms with Gasteiger partial charge in [0.05, 0.1) is 24.9 Å². The Morgan fingerprint density at radius 3 is 2.78 bits per heavy atom. The van der Waals surface area contributed by atoms with E-state index in [1.807, 2.05) is 54.6 Å². The molecule has 0 bridgehead atoms. The minimum Gasteiger partial charge on any atom is -0.497 e. The first kappa shape index (κ1) is 17.4. The van der Waals surface area contributed by atoms with Gasteiger partial charge in [0.15, 0.2) is 5.17 Å². The van der Waals surface area contributed by atoms with Gasteiger partial charge in [0.2, 0.25) is 0 Å². The summed E-state index contributed by atoms with van der Waals surface area (Å²) in [6, 6.07) is 17.2. The Balaban J connectivity index is 1.77. The fourth-order valence-electron chi connectivity index (χ4n) is 2.81. The van der Waals surface area contributed by atoms with E-state index < -0.39 is 0 Å². The Bertz CT molecular complexity index is 998. The molecule has 0 radical (unpaired) electrons. The van der Waals surface area contributed by atoms with Gasteiger partial charge in [-0.1, -0.05) is 42.1 Å². The van der Waals surface area contributed by atoms with Crippen molar-refractivity contribution in [3.05, 3.63) is 66.4 Å². The SMILES string of the molecule is COc1cccc(-c2nn(-c3ccccc3)cc2C(=O)NC2=NCCS2)c1. The number of para-hydroxylation sites is 1. The Labute approximate surface area is 161 Å². The normalized spacial score (nSPS) is 13.3. The first-order valence-electron chi connectivity index (χ1n) is 8.53. The zero-order valence-corrected chi connectivity index (χ0v) is 15.6. The number of nitrogens with one attached hydrogen (secondary N) is 1. The lowest BCUT2D eigenvalue weighted by atomic mass is 10.1. The highest BCUT2D eigenvalue weighted by atomic mass is 32.2. The second-order valence-corrected chi connectivity index (χ2v) is 6.98. The van der Waals surface area contributed by atoms with Crippen molar-refractivity contribution in [2.24, 2.45) is 4.99 Å². The van der Waals surface area contributed by atoms with Crippen LogP contribution in [0.1, 0.15) is 10.4 Å². The average Bonchev–Trinajstić information content (AvgIpc) is 3.38. The van der Waals surface area contributed by atoms with Gasteiger partial charge in [-0.3, -0.25) is 9.79 Å². The van der Waals surface area contributed by atoms with Crippen molar-refractivity contribution in [3.8, 4) is 22.7 Å². The molecule has 1 aliphatic rings. The molecule has 7 heteroatoms. The van der Waals surface area contributed by atoms with Crippen molar-refractivity contribution >= 4 is 22.8 Å². The van der Waals surface area contributed by atoms with Crippen molar-refractivity contribution in [1.82, 2.24) is 15.1 Å².